The minimum atomic E-state index is 0.828. The first-order valence-electron chi connectivity index (χ1n) is 5.77. The first-order chi connectivity index (χ1) is 8.86. The summed E-state index contributed by atoms with van der Waals surface area (Å²) in [5.41, 5.74) is 4.32. The van der Waals surface area contributed by atoms with Gasteiger partial charge in [0.2, 0.25) is 0 Å². The molecule has 0 saturated heterocycles. The third kappa shape index (κ3) is 2.11. The van der Waals surface area contributed by atoms with Crippen LogP contribution in [0, 0.1) is 0 Å². The molecule has 0 unspecified atom stereocenters. The zero-order valence-electron chi connectivity index (χ0n) is 10.1. The van der Waals surface area contributed by atoms with Crippen molar-refractivity contribution in [1.82, 2.24) is 15.0 Å². The van der Waals surface area contributed by atoms with Crippen molar-refractivity contribution in [2.75, 3.05) is 6.26 Å². The number of aromatic amines is 1. The second-order valence-corrected chi connectivity index (χ2v) is 4.96. The Kier molecular flexibility index (Phi) is 3.02. The topological polar surface area (TPSA) is 41.6 Å². The van der Waals surface area contributed by atoms with Gasteiger partial charge in [-0.3, -0.25) is 0 Å². The standard InChI is InChI=1S/C14H13N3S/c1-18-11-4-2-10(3-5-11)8-13-14-12(6-7-15-14)16-9-17-13/h2-7,9,15H,8H2,1H3. The number of nitrogens with zero attached hydrogens (tertiary/aromatic N) is 2. The Morgan fingerprint density at radius 1 is 1.11 bits per heavy atom. The molecule has 4 heteroatoms. The van der Waals surface area contributed by atoms with Gasteiger partial charge >= 0.3 is 0 Å². The van der Waals surface area contributed by atoms with Crippen LogP contribution in [0.25, 0.3) is 11.0 Å². The minimum absolute atomic E-state index is 0.828. The normalized spacial score (nSPS) is 10.9. The van der Waals surface area contributed by atoms with Gasteiger partial charge in [0.15, 0.2) is 0 Å². The lowest BCUT2D eigenvalue weighted by molar-refractivity contribution is 1.05. The van der Waals surface area contributed by atoms with Gasteiger partial charge in [0.05, 0.1) is 16.7 Å². The van der Waals surface area contributed by atoms with E-state index in [2.05, 4.69) is 45.5 Å². The molecule has 3 nitrogen and oxygen atoms in total. The third-order valence-electron chi connectivity index (χ3n) is 2.95. The SMILES string of the molecule is CSc1ccc(Cc2ncnc3cc[nH]c23)cc1. The number of nitrogens with one attached hydrogen (secondary N) is 1. The molecule has 1 aromatic carbocycles. The van der Waals surface area contributed by atoms with Crippen LogP contribution in [0.3, 0.4) is 0 Å². The molecule has 90 valence electrons. The maximum Gasteiger partial charge on any atom is 0.116 e. The predicted octanol–water partition coefficient (Wildman–Crippen LogP) is 3.27. The fourth-order valence-electron chi connectivity index (χ4n) is 2.00. The highest BCUT2D eigenvalue weighted by Gasteiger charge is 2.05. The van der Waals surface area contributed by atoms with Crippen molar-refractivity contribution in [2.24, 2.45) is 0 Å². The first kappa shape index (κ1) is 11.3. The van der Waals surface area contributed by atoms with Gasteiger partial charge < -0.3 is 4.98 Å². The average Bonchev–Trinajstić information content (AvgIpc) is 2.89. The van der Waals surface area contributed by atoms with Crippen LogP contribution >= 0.6 is 11.8 Å². The zero-order chi connectivity index (χ0) is 12.4. The molecule has 0 aliphatic carbocycles. The highest BCUT2D eigenvalue weighted by Crippen LogP contribution is 2.19. The molecule has 0 atom stereocenters. The number of aromatic nitrogens is 3. The van der Waals surface area contributed by atoms with Crippen molar-refractivity contribution in [1.29, 1.82) is 0 Å². The van der Waals surface area contributed by atoms with Crippen LogP contribution in [0.2, 0.25) is 0 Å². The molecule has 3 aromatic rings. The van der Waals surface area contributed by atoms with E-state index in [1.165, 1.54) is 10.5 Å². The summed E-state index contributed by atoms with van der Waals surface area (Å²) in [6.07, 6.45) is 6.44. The molecule has 0 spiro atoms. The summed E-state index contributed by atoms with van der Waals surface area (Å²) in [6, 6.07) is 10.6. The van der Waals surface area contributed by atoms with Crippen LogP contribution in [0.15, 0.2) is 47.8 Å². The van der Waals surface area contributed by atoms with E-state index in [0.717, 1.165) is 23.1 Å². The van der Waals surface area contributed by atoms with E-state index in [4.69, 9.17) is 0 Å². The Morgan fingerprint density at radius 2 is 1.94 bits per heavy atom. The quantitative estimate of drug-likeness (QED) is 0.730. The molecule has 0 fully saturated rings. The van der Waals surface area contributed by atoms with Gasteiger partial charge in [0, 0.05) is 17.5 Å². The average molecular weight is 255 g/mol. The lowest BCUT2D eigenvalue weighted by atomic mass is 10.1. The van der Waals surface area contributed by atoms with Gasteiger partial charge in [0.1, 0.15) is 6.33 Å². The van der Waals surface area contributed by atoms with Crippen molar-refractivity contribution in [3.8, 4) is 0 Å². The Balaban J connectivity index is 1.93. The number of H-pyrrole nitrogens is 1. The van der Waals surface area contributed by atoms with Crippen molar-refractivity contribution in [3.63, 3.8) is 0 Å². The van der Waals surface area contributed by atoms with Gasteiger partial charge in [-0.15, -0.1) is 11.8 Å². The number of hydrogen-bond acceptors (Lipinski definition) is 3. The van der Waals surface area contributed by atoms with Crippen LogP contribution in [-0.2, 0) is 6.42 Å². The Hall–Kier alpha value is -1.81. The van der Waals surface area contributed by atoms with E-state index in [9.17, 15) is 0 Å². The lowest BCUT2D eigenvalue weighted by Crippen LogP contribution is -1.94. The molecule has 2 heterocycles. The summed E-state index contributed by atoms with van der Waals surface area (Å²) < 4.78 is 0. The fourth-order valence-corrected chi connectivity index (χ4v) is 2.40. The Bertz CT molecular complexity index is 658. The largest absolute Gasteiger partial charge is 0.358 e. The van der Waals surface area contributed by atoms with E-state index < -0.39 is 0 Å². The molecule has 0 aliphatic heterocycles. The maximum absolute atomic E-state index is 4.37. The molecule has 0 saturated carbocycles. The van der Waals surface area contributed by atoms with Gasteiger partial charge in [0.25, 0.3) is 0 Å². The molecule has 2 aromatic heterocycles. The maximum atomic E-state index is 4.37. The fraction of sp³-hybridized carbons (Fsp3) is 0.143. The molecule has 18 heavy (non-hydrogen) atoms. The summed E-state index contributed by atoms with van der Waals surface area (Å²) in [5.74, 6) is 0. The van der Waals surface area contributed by atoms with Crippen molar-refractivity contribution >= 4 is 22.8 Å². The van der Waals surface area contributed by atoms with Gasteiger partial charge in [-0.2, -0.15) is 0 Å². The minimum Gasteiger partial charge on any atom is -0.358 e. The smallest absolute Gasteiger partial charge is 0.116 e. The second-order valence-electron chi connectivity index (χ2n) is 4.08. The molecule has 1 N–H and O–H groups in total. The highest BCUT2D eigenvalue weighted by molar-refractivity contribution is 7.98. The Labute approximate surface area is 110 Å². The molecule has 0 amide bonds. The summed E-state index contributed by atoms with van der Waals surface area (Å²) in [4.78, 5) is 13.1. The van der Waals surface area contributed by atoms with Crippen molar-refractivity contribution in [3.05, 3.63) is 54.1 Å². The summed E-state index contributed by atoms with van der Waals surface area (Å²) in [5, 5.41) is 0. The number of fused-ring (bicyclic) bond motifs is 1. The number of benzene rings is 1. The third-order valence-corrected chi connectivity index (χ3v) is 3.70. The first-order valence-corrected chi connectivity index (χ1v) is 6.99. The predicted molar refractivity (Wildman–Crippen MR) is 74.9 cm³/mol. The molecule has 0 radical (unpaired) electrons. The van der Waals surface area contributed by atoms with E-state index in [1.807, 2.05) is 12.3 Å². The van der Waals surface area contributed by atoms with Crippen LogP contribution in [0.5, 0.6) is 0 Å². The van der Waals surface area contributed by atoms with Crippen LogP contribution < -0.4 is 0 Å². The lowest BCUT2D eigenvalue weighted by Gasteiger charge is -2.03. The molecule has 0 bridgehead atoms. The van der Waals surface area contributed by atoms with Gasteiger partial charge in [-0.1, -0.05) is 12.1 Å². The van der Waals surface area contributed by atoms with Crippen LogP contribution in [0.1, 0.15) is 11.3 Å². The van der Waals surface area contributed by atoms with Gasteiger partial charge in [-0.05, 0) is 30.0 Å². The highest BCUT2D eigenvalue weighted by atomic mass is 32.2. The van der Waals surface area contributed by atoms with E-state index in [0.29, 0.717) is 0 Å². The van der Waals surface area contributed by atoms with Crippen LogP contribution in [-0.4, -0.2) is 21.2 Å². The zero-order valence-corrected chi connectivity index (χ0v) is 10.9. The molecular formula is C14H13N3S. The summed E-state index contributed by atoms with van der Waals surface area (Å²) in [7, 11) is 0. The molecule has 3 rings (SSSR count). The van der Waals surface area contributed by atoms with E-state index >= 15 is 0 Å². The van der Waals surface area contributed by atoms with E-state index in [-0.39, 0.29) is 0 Å². The van der Waals surface area contributed by atoms with Crippen LogP contribution in [0.4, 0.5) is 0 Å². The summed E-state index contributed by atoms with van der Waals surface area (Å²) in [6.45, 7) is 0. The second kappa shape index (κ2) is 4.82. The number of hydrogen-bond donors (Lipinski definition) is 1. The number of thioether (sulfide) groups is 1. The van der Waals surface area contributed by atoms with Gasteiger partial charge in [-0.25, -0.2) is 9.97 Å². The van der Waals surface area contributed by atoms with E-state index in [1.54, 1.807) is 18.1 Å². The Morgan fingerprint density at radius 3 is 2.72 bits per heavy atom. The molecule has 0 aliphatic rings. The number of rotatable bonds is 3. The molecular weight excluding hydrogens is 242 g/mol. The summed E-state index contributed by atoms with van der Waals surface area (Å²) >= 11 is 1.76. The van der Waals surface area contributed by atoms with Crippen molar-refractivity contribution in [2.45, 2.75) is 11.3 Å². The van der Waals surface area contributed by atoms with Crippen molar-refractivity contribution < 1.29 is 0 Å². The monoisotopic (exact) mass is 255 g/mol.